The van der Waals surface area contributed by atoms with Crippen LogP contribution in [-0.2, 0) is 6.54 Å². The number of benzene rings is 3. The summed E-state index contributed by atoms with van der Waals surface area (Å²) in [6.07, 6.45) is 0. The minimum atomic E-state index is -0.251. The van der Waals surface area contributed by atoms with Gasteiger partial charge in [0.15, 0.2) is 5.82 Å². The summed E-state index contributed by atoms with van der Waals surface area (Å²) in [5.41, 5.74) is 2.28. The molecule has 1 heterocycles. The lowest BCUT2D eigenvalue weighted by molar-refractivity contribution is 0.415. The van der Waals surface area contributed by atoms with Crippen molar-refractivity contribution < 1.29 is 9.13 Å². The van der Waals surface area contributed by atoms with Crippen LogP contribution in [-0.4, -0.2) is 16.9 Å². The van der Waals surface area contributed by atoms with Crippen LogP contribution >= 0.6 is 11.6 Å². The highest BCUT2D eigenvalue weighted by atomic mass is 35.5. The Hall–Kier alpha value is -3.05. The Labute approximate surface area is 161 Å². The normalized spacial score (nSPS) is 10.9. The smallest absolute Gasteiger partial charge is 0.160 e. The summed E-state index contributed by atoms with van der Waals surface area (Å²) in [6, 6.07) is 19.8. The molecular formula is C21H17ClFN3O. The molecule has 0 amide bonds. The predicted molar refractivity (Wildman–Crippen MR) is 107 cm³/mol. The van der Waals surface area contributed by atoms with E-state index in [9.17, 15) is 4.39 Å². The zero-order chi connectivity index (χ0) is 18.8. The number of methoxy groups -OCH3 is 1. The third-order valence-electron chi connectivity index (χ3n) is 4.32. The van der Waals surface area contributed by atoms with Crippen molar-refractivity contribution in [3.05, 3.63) is 83.1 Å². The van der Waals surface area contributed by atoms with Gasteiger partial charge in [0.1, 0.15) is 11.6 Å². The SMILES string of the molecule is COc1ccc2c(c1)c(Nc1cccc(Cl)c1)nn2Cc1ccccc1F. The van der Waals surface area contributed by atoms with Gasteiger partial charge in [-0.25, -0.2) is 4.39 Å². The van der Waals surface area contributed by atoms with Gasteiger partial charge in [0, 0.05) is 21.7 Å². The number of halogens is 2. The van der Waals surface area contributed by atoms with Gasteiger partial charge in [-0.2, -0.15) is 5.10 Å². The fraction of sp³-hybridized carbons (Fsp3) is 0.0952. The number of anilines is 2. The summed E-state index contributed by atoms with van der Waals surface area (Å²) in [4.78, 5) is 0. The Morgan fingerprint density at radius 3 is 2.70 bits per heavy atom. The number of ether oxygens (including phenoxy) is 1. The van der Waals surface area contributed by atoms with Crippen LogP contribution in [0.4, 0.5) is 15.9 Å². The second-order valence-corrected chi connectivity index (χ2v) is 6.55. The van der Waals surface area contributed by atoms with Crippen molar-refractivity contribution in [2.45, 2.75) is 6.54 Å². The quantitative estimate of drug-likeness (QED) is 0.487. The molecule has 0 fully saturated rings. The third kappa shape index (κ3) is 3.59. The van der Waals surface area contributed by atoms with E-state index in [-0.39, 0.29) is 5.82 Å². The molecule has 0 aliphatic rings. The summed E-state index contributed by atoms with van der Waals surface area (Å²) < 4.78 is 21.2. The van der Waals surface area contributed by atoms with E-state index in [0.29, 0.717) is 22.9 Å². The average molecular weight is 382 g/mol. The fourth-order valence-electron chi connectivity index (χ4n) is 2.99. The lowest BCUT2D eigenvalue weighted by Gasteiger charge is -2.05. The molecule has 0 saturated heterocycles. The van der Waals surface area contributed by atoms with E-state index >= 15 is 0 Å². The maximum Gasteiger partial charge on any atom is 0.160 e. The van der Waals surface area contributed by atoms with Gasteiger partial charge in [0.25, 0.3) is 0 Å². The molecule has 1 N–H and O–H groups in total. The Balaban J connectivity index is 1.79. The van der Waals surface area contributed by atoms with Crippen LogP contribution in [0.1, 0.15) is 5.56 Å². The lowest BCUT2D eigenvalue weighted by atomic mass is 10.2. The van der Waals surface area contributed by atoms with E-state index in [4.69, 9.17) is 16.3 Å². The molecule has 0 unspecified atom stereocenters. The van der Waals surface area contributed by atoms with Crippen LogP contribution in [0.3, 0.4) is 0 Å². The average Bonchev–Trinajstić information content (AvgIpc) is 3.00. The number of fused-ring (bicyclic) bond motifs is 1. The second kappa shape index (κ2) is 7.29. The predicted octanol–water partition coefficient (Wildman–Crippen LogP) is 5.63. The van der Waals surface area contributed by atoms with Gasteiger partial charge >= 0.3 is 0 Å². The van der Waals surface area contributed by atoms with Crippen molar-refractivity contribution in [1.29, 1.82) is 0 Å². The van der Waals surface area contributed by atoms with Crippen molar-refractivity contribution in [2.24, 2.45) is 0 Å². The maximum absolute atomic E-state index is 14.1. The zero-order valence-electron chi connectivity index (χ0n) is 14.6. The lowest BCUT2D eigenvalue weighted by Crippen LogP contribution is -2.04. The van der Waals surface area contributed by atoms with Gasteiger partial charge in [-0.1, -0.05) is 35.9 Å². The number of nitrogens with zero attached hydrogens (tertiary/aromatic N) is 2. The monoisotopic (exact) mass is 381 g/mol. The van der Waals surface area contributed by atoms with Gasteiger partial charge in [0.2, 0.25) is 0 Å². The van der Waals surface area contributed by atoms with Crippen molar-refractivity contribution in [3.63, 3.8) is 0 Å². The fourth-order valence-corrected chi connectivity index (χ4v) is 3.18. The topological polar surface area (TPSA) is 39.1 Å². The first kappa shape index (κ1) is 17.4. The van der Waals surface area contributed by atoms with Crippen LogP contribution in [0.15, 0.2) is 66.7 Å². The number of rotatable bonds is 5. The van der Waals surface area contributed by atoms with Crippen molar-refractivity contribution in [2.75, 3.05) is 12.4 Å². The summed E-state index contributed by atoms with van der Waals surface area (Å²) >= 11 is 6.08. The number of hydrogen-bond acceptors (Lipinski definition) is 3. The standard InChI is InChI=1S/C21H17ClFN3O/c1-27-17-9-10-20-18(12-17)21(24-16-7-4-6-15(22)11-16)25-26(20)13-14-5-2-3-8-19(14)23/h2-12H,13H2,1H3,(H,24,25). The Kier molecular flexibility index (Phi) is 4.69. The first-order chi connectivity index (χ1) is 13.1. The molecule has 4 nitrogen and oxygen atoms in total. The molecule has 4 aromatic rings. The first-order valence-corrected chi connectivity index (χ1v) is 8.82. The van der Waals surface area contributed by atoms with E-state index < -0.39 is 0 Å². The van der Waals surface area contributed by atoms with Gasteiger partial charge in [-0.05, 0) is 42.5 Å². The van der Waals surface area contributed by atoms with E-state index in [0.717, 1.165) is 22.3 Å². The van der Waals surface area contributed by atoms with Crippen LogP contribution in [0.5, 0.6) is 5.75 Å². The molecule has 0 aliphatic heterocycles. The van der Waals surface area contributed by atoms with Crippen molar-refractivity contribution >= 4 is 34.0 Å². The summed E-state index contributed by atoms with van der Waals surface area (Å²) in [6.45, 7) is 0.326. The first-order valence-electron chi connectivity index (χ1n) is 8.44. The van der Waals surface area contributed by atoms with Crippen LogP contribution in [0.2, 0.25) is 5.02 Å². The van der Waals surface area contributed by atoms with Crippen LogP contribution < -0.4 is 10.1 Å². The van der Waals surface area contributed by atoms with E-state index in [1.807, 2.05) is 48.5 Å². The minimum Gasteiger partial charge on any atom is -0.497 e. The molecule has 0 saturated carbocycles. The molecule has 0 spiro atoms. The highest BCUT2D eigenvalue weighted by Gasteiger charge is 2.14. The molecule has 0 atom stereocenters. The largest absolute Gasteiger partial charge is 0.497 e. The van der Waals surface area contributed by atoms with Crippen LogP contribution in [0.25, 0.3) is 10.9 Å². The molecule has 6 heteroatoms. The number of nitrogens with one attached hydrogen (secondary N) is 1. The zero-order valence-corrected chi connectivity index (χ0v) is 15.4. The maximum atomic E-state index is 14.1. The van der Waals surface area contributed by atoms with Gasteiger partial charge in [-0.15, -0.1) is 0 Å². The minimum absolute atomic E-state index is 0.251. The van der Waals surface area contributed by atoms with E-state index in [1.54, 1.807) is 23.9 Å². The second-order valence-electron chi connectivity index (χ2n) is 6.12. The van der Waals surface area contributed by atoms with Crippen LogP contribution in [0, 0.1) is 5.82 Å². The Bertz CT molecular complexity index is 1110. The third-order valence-corrected chi connectivity index (χ3v) is 4.56. The summed E-state index contributed by atoms with van der Waals surface area (Å²) in [5, 5.41) is 9.47. The van der Waals surface area contributed by atoms with Crippen molar-refractivity contribution in [3.8, 4) is 5.75 Å². The van der Waals surface area contributed by atoms with Gasteiger partial charge in [-0.3, -0.25) is 4.68 Å². The van der Waals surface area contributed by atoms with E-state index in [1.165, 1.54) is 6.07 Å². The van der Waals surface area contributed by atoms with Gasteiger partial charge < -0.3 is 10.1 Å². The molecule has 4 rings (SSSR count). The molecule has 0 aliphatic carbocycles. The number of hydrogen-bond donors (Lipinski definition) is 1. The molecule has 3 aromatic carbocycles. The molecule has 0 bridgehead atoms. The number of aromatic nitrogens is 2. The Morgan fingerprint density at radius 2 is 1.93 bits per heavy atom. The molecule has 27 heavy (non-hydrogen) atoms. The highest BCUT2D eigenvalue weighted by Crippen LogP contribution is 2.30. The van der Waals surface area contributed by atoms with Gasteiger partial charge in [0.05, 0.1) is 19.2 Å². The Morgan fingerprint density at radius 1 is 1.07 bits per heavy atom. The highest BCUT2D eigenvalue weighted by molar-refractivity contribution is 6.30. The summed E-state index contributed by atoms with van der Waals surface area (Å²) in [7, 11) is 1.62. The van der Waals surface area contributed by atoms with E-state index in [2.05, 4.69) is 10.4 Å². The molecule has 1 aromatic heterocycles. The molecular weight excluding hydrogens is 365 g/mol. The van der Waals surface area contributed by atoms with Crippen molar-refractivity contribution in [1.82, 2.24) is 9.78 Å². The summed E-state index contributed by atoms with van der Waals surface area (Å²) in [5.74, 6) is 1.13. The molecule has 136 valence electrons. The molecule has 0 radical (unpaired) electrons.